The summed E-state index contributed by atoms with van der Waals surface area (Å²) < 4.78 is 34.1. The van der Waals surface area contributed by atoms with E-state index in [0.29, 0.717) is 31.2 Å². The van der Waals surface area contributed by atoms with Crippen LogP contribution in [0.25, 0.3) is 5.57 Å². The van der Waals surface area contributed by atoms with Gasteiger partial charge in [-0.1, -0.05) is 50.3 Å². The second-order valence-corrected chi connectivity index (χ2v) is 9.93. The molecule has 6 nitrogen and oxygen atoms in total. The lowest BCUT2D eigenvalue weighted by molar-refractivity contribution is 0.0417. The first-order valence-corrected chi connectivity index (χ1v) is 14.8. The number of nitrogens with zero attached hydrogens (tertiary/aromatic N) is 3. The molecule has 0 aliphatic heterocycles. The lowest BCUT2D eigenvalue weighted by Crippen LogP contribution is -2.40. The first kappa shape index (κ1) is 35.4. The third kappa shape index (κ3) is 11.9. The summed E-state index contributed by atoms with van der Waals surface area (Å²) in [5.74, 6) is 1.19. The van der Waals surface area contributed by atoms with Crippen LogP contribution >= 0.6 is 0 Å². The van der Waals surface area contributed by atoms with Gasteiger partial charge >= 0.3 is 0 Å². The van der Waals surface area contributed by atoms with Crippen molar-refractivity contribution in [1.29, 1.82) is 0 Å². The summed E-state index contributed by atoms with van der Waals surface area (Å²) in [5.41, 5.74) is 0.642. The van der Waals surface area contributed by atoms with Crippen molar-refractivity contribution in [2.45, 2.75) is 112 Å². The summed E-state index contributed by atoms with van der Waals surface area (Å²) in [5, 5.41) is 3.52. The molecule has 0 radical (unpaired) electrons. The molecule has 0 fully saturated rings. The summed E-state index contributed by atoms with van der Waals surface area (Å²) in [7, 11) is 0. The van der Waals surface area contributed by atoms with Crippen LogP contribution < -0.4 is 15.8 Å². The second-order valence-electron chi connectivity index (χ2n) is 9.93. The summed E-state index contributed by atoms with van der Waals surface area (Å²) in [6.45, 7) is 17.9. The van der Waals surface area contributed by atoms with E-state index in [1.807, 2.05) is 47.6 Å². The predicted octanol–water partition coefficient (Wildman–Crippen LogP) is 7.69. The minimum atomic E-state index is -2.57. The van der Waals surface area contributed by atoms with E-state index in [0.717, 1.165) is 37.8 Å². The highest BCUT2D eigenvalue weighted by Gasteiger charge is 2.19. The van der Waals surface area contributed by atoms with E-state index in [4.69, 9.17) is 9.72 Å². The highest BCUT2D eigenvalue weighted by atomic mass is 19.3. The maximum absolute atomic E-state index is 13.6. The topological polar surface area (TPSA) is 59.4 Å². The van der Waals surface area contributed by atoms with Crippen LogP contribution in [0.1, 0.15) is 99.4 Å². The van der Waals surface area contributed by atoms with Gasteiger partial charge < -0.3 is 9.64 Å². The van der Waals surface area contributed by atoms with Gasteiger partial charge in [0.05, 0.1) is 6.04 Å². The first-order valence-electron chi connectivity index (χ1n) is 14.8. The van der Waals surface area contributed by atoms with Gasteiger partial charge in [0.15, 0.2) is 0 Å². The quantitative estimate of drug-likeness (QED) is 0.0811. The standard InChI is InChI=1S/C32H52F2N4O2/c1-9-14-15-16-18-24(6)32-36-29(37(12-4)22-21-28(11-3)35-26(8)40-13-5)23-30(39)38(32)25(7)19-20-27(17-10-2)31(33)34/h9,14,17-20,23,25-26,28,31,35H,10-13,15-16,21-22H2,1-8H3/b14-9+,20-19-,24-18+,27-17+. The van der Waals surface area contributed by atoms with E-state index < -0.39 is 12.5 Å². The molecule has 1 heterocycles. The highest BCUT2D eigenvalue weighted by Crippen LogP contribution is 2.22. The van der Waals surface area contributed by atoms with Crippen LogP contribution in [-0.2, 0) is 4.74 Å². The van der Waals surface area contributed by atoms with E-state index in [1.54, 1.807) is 16.7 Å². The molecule has 1 aromatic heterocycles. The minimum Gasteiger partial charge on any atom is -0.364 e. The molecule has 0 aliphatic rings. The van der Waals surface area contributed by atoms with Gasteiger partial charge in [0.25, 0.3) is 12.0 Å². The lowest BCUT2D eigenvalue weighted by atomic mass is 10.1. The Kier molecular flexibility index (Phi) is 17.3. The van der Waals surface area contributed by atoms with Crippen molar-refractivity contribution in [1.82, 2.24) is 14.9 Å². The summed E-state index contributed by atoms with van der Waals surface area (Å²) in [6, 6.07) is 1.39. The Morgan fingerprint density at radius 1 is 1.18 bits per heavy atom. The van der Waals surface area contributed by atoms with Crippen molar-refractivity contribution in [2.24, 2.45) is 0 Å². The number of allylic oxidation sites excluding steroid dienone is 8. The Labute approximate surface area is 240 Å². The molecule has 0 bridgehead atoms. The third-order valence-corrected chi connectivity index (χ3v) is 6.81. The van der Waals surface area contributed by atoms with Crippen LogP contribution in [0.5, 0.6) is 0 Å². The lowest BCUT2D eigenvalue weighted by Gasteiger charge is -2.28. The monoisotopic (exact) mass is 562 g/mol. The average molecular weight is 563 g/mol. The summed E-state index contributed by atoms with van der Waals surface area (Å²) in [4.78, 5) is 20.7. The van der Waals surface area contributed by atoms with Crippen LogP contribution in [-0.4, -0.2) is 47.9 Å². The zero-order valence-corrected chi connectivity index (χ0v) is 25.9. The Hall–Kier alpha value is -2.58. The van der Waals surface area contributed by atoms with Crippen molar-refractivity contribution < 1.29 is 13.5 Å². The summed E-state index contributed by atoms with van der Waals surface area (Å²) in [6.07, 6.45) is 12.2. The number of alkyl halides is 2. The number of anilines is 1. The van der Waals surface area contributed by atoms with E-state index in [2.05, 4.69) is 36.2 Å². The molecule has 0 spiro atoms. The molecular formula is C32H52F2N4O2. The smallest absolute Gasteiger partial charge is 0.263 e. The highest BCUT2D eigenvalue weighted by molar-refractivity contribution is 5.60. The van der Waals surface area contributed by atoms with Crippen molar-refractivity contribution in [2.75, 3.05) is 24.6 Å². The van der Waals surface area contributed by atoms with Crippen LogP contribution in [0.15, 0.2) is 52.9 Å². The number of hydrogen-bond donors (Lipinski definition) is 1. The molecule has 40 heavy (non-hydrogen) atoms. The number of ether oxygens (including phenoxy) is 1. The van der Waals surface area contributed by atoms with Gasteiger partial charge in [0, 0.05) is 37.4 Å². The van der Waals surface area contributed by atoms with Crippen LogP contribution in [0, 0.1) is 0 Å². The molecule has 1 rings (SSSR count). The van der Waals surface area contributed by atoms with Crippen molar-refractivity contribution in [3.8, 4) is 0 Å². The largest absolute Gasteiger partial charge is 0.364 e. The Morgan fingerprint density at radius 3 is 2.48 bits per heavy atom. The Balaban J connectivity index is 3.43. The second kappa shape index (κ2) is 19.5. The zero-order valence-electron chi connectivity index (χ0n) is 25.9. The minimum absolute atomic E-state index is 0.0266. The van der Waals surface area contributed by atoms with Gasteiger partial charge in [0.2, 0.25) is 0 Å². The average Bonchev–Trinajstić information content (AvgIpc) is 2.92. The van der Waals surface area contributed by atoms with Crippen LogP contribution in [0.4, 0.5) is 14.6 Å². The van der Waals surface area contributed by atoms with Crippen LogP contribution in [0.3, 0.4) is 0 Å². The molecule has 3 unspecified atom stereocenters. The fourth-order valence-corrected chi connectivity index (χ4v) is 4.55. The molecule has 1 N–H and O–H groups in total. The molecule has 1 aromatic rings. The Morgan fingerprint density at radius 2 is 1.90 bits per heavy atom. The molecular weight excluding hydrogens is 510 g/mol. The Bertz CT molecular complexity index is 1050. The molecule has 0 saturated carbocycles. The van der Waals surface area contributed by atoms with E-state index >= 15 is 0 Å². The van der Waals surface area contributed by atoms with Gasteiger partial charge in [-0.2, -0.15) is 0 Å². The van der Waals surface area contributed by atoms with Crippen molar-refractivity contribution in [3.63, 3.8) is 0 Å². The van der Waals surface area contributed by atoms with E-state index in [9.17, 15) is 13.6 Å². The fourth-order valence-electron chi connectivity index (χ4n) is 4.55. The molecule has 0 aromatic carbocycles. The predicted molar refractivity (Wildman–Crippen MR) is 165 cm³/mol. The number of aromatic nitrogens is 2. The number of unbranched alkanes of at least 4 members (excludes halogenated alkanes) is 1. The zero-order chi connectivity index (χ0) is 30.1. The third-order valence-electron chi connectivity index (χ3n) is 6.81. The van der Waals surface area contributed by atoms with Crippen molar-refractivity contribution >= 4 is 11.4 Å². The van der Waals surface area contributed by atoms with Gasteiger partial charge in [-0.3, -0.25) is 14.7 Å². The summed E-state index contributed by atoms with van der Waals surface area (Å²) >= 11 is 0. The van der Waals surface area contributed by atoms with E-state index in [1.165, 1.54) is 12.2 Å². The van der Waals surface area contributed by atoms with Gasteiger partial charge in [-0.05, 0) is 79.2 Å². The molecule has 0 amide bonds. The van der Waals surface area contributed by atoms with Crippen molar-refractivity contribution in [3.05, 3.63) is 64.3 Å². The van der Waals surface area contributed by atoms with Gasteiger partial charge in [0.1, 0.15) is 17.9 Å². The van der Waals surface area contributed by atoms with E-state index in [-0.39, 0.29) is 23.4 Å². The fraction of sp³-hybridized carbons (Fsp3) is 0.625. The van der Waals surface area contributed by atoms with Crippen LogP contribution in [0.2, 0.25) is 0 Å². The maximum Gasteiger partial charge on any atom is 0.263 e. The number of halogens is 2. The molecule has 3 atom stereocenters. The van der Waals surface area contributed by atoms with Gasteiger partial charge in [-0.15, -0.1) is 0 Å². The first-order chi connectivity index (χ1) is 19.1. The molecule has 0 saturated heterocycles. The SMILES string of the molecule is C/C=C/CC/C=C(\C)c1nc(N(CC)CCC(CC)NC(C)OCC)cc(=O)n1C(C)/C=C\C(=C/CC)C(F)F. The molecule has 8 heteroatoms. The normalized spacial score (nSPS) is 15.4. The number of hydrogen-bond acceptors (Lipinski definition) is 5. The maximum atomic E-state index is 13.6. The molecule has 0 aliphatic carbocycles. The molecule has 226 valence electrons. The van der Waals surface area contributed by atoms with Gasteiger partial charge in [-0.25, -0.2) is 13.8 Å². The number of nitrogens with one attached hydrogen (secondary N) is 1. The number of rotatable bonds is 19.